The lowest BCUT2D eigenvalue weighted by atomic mass is 9.89. The van der Waals surface area contributed by atoms with E-state index in [4.69, 9.17) is 4.74 Å². The summed E-state index contributed by atoms with van der Waals surface area (Å²) in [5, 5.41) is 3.33. The summed E-state index contributed by atoms with van der Waals surface area (Å²) in [4.78, 5) is 14.4. The van der Waals surface area contributed by atoms with Crippen molar-refractivity contribution in [1.29, 1.82) is 0 Å². The second-order valence-corrected chi connectivity index (χ2v) is 6.19. The summed E-state index contributed by atoms with van der Waals surface area (Å²) in [7, 11) is 0. The van der Waals surface area contributed by atoms with Crippen LogP contribution < -0.4 is 5.32 Å². The number of piperidine rings is 1. The van der Waals surface area contributed by atoms with Crippen molar-refractivity contribution in [1.82, 2.24) is 10.2 Å². The SMILES string of the molecule is CC1COCCN1C(=O)c1cc(C2CCNCC2)ccc1F. The standard InChI is InChI=1S/C17H23FN2O2/c1-12-11-22-9-8-20(12)17(21)15-10-14(2-3-16(15)18)13-4-6-19-7-5-13/h2-3,10,12-13,19H,4-9,11H2,1H3. The maximum absolute atomic E-state index is 14.2. The molecule has 0 radical (unpaired) electrons. The lowest BCUT2D eigenvalue weighted by molar-refractivity contribution is 0.00334. The van der Waals surface area contributed by atoms with E-state index in [1.54, 1.807) is 11.0 Å². The molecule has 3 rings (SSSR count). The lowest BCUT2D eigenvalue weighted by Gasteiger charge is -2.33. The molecule has 0 bridgehead atoms. The van der Waals surface area contributed by atoms with Crippen LogP contribution in [0.25, 0.3) is 0 Å². The summed E-state index contributed by atoms with van der Waals surface area (Å²) in [6.07, 6.45) is 2.07. The third kappa shape index (κ3) is 3.15. The van der Waals surface area contributed by atoms with Gasteiger partial charge >= 0.3 is 0 Å². The number of morpholine rings is 1. The molecule has 5 heteroatoms. The van der Waals surface area contributed by atoms with E-state index in [0.717, 1.165) is 31.5 Å². The number of nitrogens with zero attached hydrogens (tertiary/aromatic N) is 1. The minimum Gasteiger partial charge on any atom is -0.377 e. The van der Waals surface area contributed by atoms with E-state index in [1.807, 2.05) is 13.0 Å². The predicted molar refractivity (Wildman–Crippen MR) is 82.6 cm³/mol. The average molecular weight is 306 g/mol. The van der Waals surface area contributed by atoms with E-state index in [-0.39, 0.29) is 17.5 Å². The topological polar surface area (TPSA) is 41.6 Å². The summed E-state index contributed by atoms with van der Waals surface area (Å²) in [6, 6.07) is 5.01. The maximum Gasteiger partial charge on any atom is 0.257 e. The molecule has 1 atom stereocenters. The molecule has 2 heterocycles. The number of carbonyl (C=O) groups excluding carboxylic acids is 1. The summed E-state index contributed by atoms with van der Waals surface area (Å²) >= 11 is 0. The Kier molecular flexibility index (Phi) is 4.74. The van der Waals surface area contributed by atoms with Crippen LogP contribution in [0.2, 0.25) is 0 Å². The van der Waals surface area contributed by atoms with E-state index in [1.165, 1.54) is 6.07 Å². The first-order valence-electron chi connectivity index (χ1n) is 8.05. The molecule has 4 nitrogen and oxygen atoms in total. The van der Waals surface area contributed by atoms with Crippen molar-refractivity contribution in [3.05, 3.63) is 35.1 Å². The Morgan fingerprint density at radius 1 is 1.36 bits per heavy atom. The van der Waals surface area contributed by atoms with Gasteiger partial charge in [-0.2, -0.15) is 0 Å². The molecular formula is C17H23FN2O2. The van der Waals surface area contributed by atoms with Crippen molar-refractivity contribution in [2.24, 2.45) is 0 Å². The molecule has 1 amide bonds. The Bertz CT molecular complexity index is 543. The molecule has 2 saturated heterocycles. The first kappa shape index (κ1) is 15.4. The largest absolute Gasteiger partial charge is 0.377 e. The summed E-state index contributed by atoms with van der Waals surface area (Å²) < 4.78 is 19.5. The van der Waals surface area contributed by atoms with Crippen LogP contribution in [0.3, 0.4) is 0 Å². The lowest BCUT2D eigenvalue weighted by Crippen LogP contribution is -2.47. The minimum atomic E-state index is -0.429. The van der Waals surface area contributed by atoms with Crippen LogP contribution in [0.5, 0.6) is 0 Å². The van der Waals surface area contributed by atoms with Crippen LogP contribution >= 0.6 is 0 Å². The number of carbonyl (C=O) groups is 1. The van der Waals surface area contributed by atoms with Crippen molar-refractivity contribution in [2.45, 2.75) is 31.7 Å². The molecule has 0 saturated carbocycles. The fourth-order valence-electron chi connectivity index (χ4n) is 3.30. The molecule has 1 N–H and O–H groups in total. The summed E-state index contributed by atoms with van der Waals surface area (Å²) in [6.45, 7) is 5.45. The van der Waals surface area contributed by atoms with Crippen LogP contribution in [0.1, 0.15) is 41.6 Å². The highest BCUT2D eigenvalue weighted by Gasteiger charge is 2.27. The van der Waals surface area contributed by atoms with Gasteiger partial charge in [-0.3, -0.25) is 4.79 Å². The van der Waals surface area contributed by atoms with Crippen LogP contribution in [-0.2, 0) is 4.74 Å². The van der Waals surface area contributed by atoms with Gasteiger partial charge in [0.15, 0.2) is 0 Å². The third-order valence-corrected chi connectivity index (χ3v) is 4.66. The van der Waals surface area contributed by atoms with E-state index in [2.05, 4.69) is 5.32 Å². The van der Waals surface area contributed by atoms with Gasteiger partial charge < -0.3 is 15.0 Å². The van der Waals surface area contributed by atoms with E-state index in [0.29, 0.717) is 25.7 Å². The molecule has 0 spiro atoms. The van der Waals surface area contributed by atoms with Gasteiger partial charge in [0, 0.05) is 6.54 Å². The molecule has 2 aliphatic heterocycles. The van der Waals surface area contributed by atoms with Crippen LogP contribution in [0.15, 0.2) is 18.2 Å². The van der Waals surface area contributed by atoms with Gasteiger partial charge in [0.1, 0.15) is 5.82 Å². The van der Waals surface area contributed by atoms with Gasteiger partial charge in [-0.1, -0.05) is 6.07 Å². The smallest absolute Gasteiger partial charge is 0.257 e. The van der Waals surface area contributed by atoms with Crippen LogP contribution in [0.4, 0.5) is 4.39 Å². The molecule has 1 aromatic rings. The quantitative estimate of drug-likeness (QED) is 0.910. The number of halogens is 1. The molecule has 2 fully saturated rings. The molecule has 0 aromatic heterocycles. The van der Waals surface area contributed by atoms with Gasteiger partial charge in [-0.25, -0.2) is 4.39 Å². The number of amides is 1. The number of benzene rings is 1. The third-order valence-electron chi connectivity index (χ3n) is 4.66. The molecular weight excluding hydrogens is 283 g/mol. The first-order chi connectivity index (χ1) is 10.7. The monoisotopic (exact) mass is 306 g/mol. The summed E-state index contributed by atoms with van der Waals surface area (Å²) in [5.74, 6) is -0.235. The van der Waals surface area contributed by atoms with Crippen LogP contribution in [0, 0.1) is 5.82 Å². The Morgan fingerprint density at radius 2 is 2.14 bits per heavy atom. The van der Waals surface area contributed by atoms with E-state index >= 15 is 0 Å². The molecule has 2 aliphatic rings. The molecule has 1 aromatic carbocycles. The zero-order valence-electron chi connectivity index (χ0n) is 13.0. The Hall–Kier alpha value is -1.46. The Morgan fingerprint density at radius 3 is 2.86 bits per heavy atom. The summed E-state index contributed by atoms with van der Waals surface area (Å²) in [5.41, 5.74) is 1.27. The highest BCUT2D eigenvalue weighted by atomic mass is 19.1. The molecule has 22 heavy (non-hydrogen) atoms. The van der Waals surface area contributed by atoms with Crippen LogP contribution in [-0.4, -0.2) is 49.7 Å². The highest BCUT2D eigenvalue weighted by Crippen LogP contribution is 2.27. The van der Waals surface area contributed by atoms with Crippen molar-refractivity contribution in [2.75, 3.05) is 32.8 Å². The van der Waals surface area contributed by atoms with E-state index in [9.17, 15) is 9.18 Å². The van der Waals surface area contributed by atoms with Crippen molar-refractivity contribution >= 4 is 5.91 Å². The molecule has 1 unspecified atom stereocenters. The molecule has 120 valence electrons. The minimum absolute atomic E-state index is 0.0109. The predicted octanol–water partition coefficient (Wildman–Crippen LogP) is 2.15. The number of hydrogen-bond acceptors (Lipinski definition) is 3. The van der Waals surface area contributed by atoms with Gasteiger partial charge in [0.2, 0.25) is 0 Å². The van der Waals surface area contributed by atoms with Crippen molar-refractivity contribution in [3.63, 3.8) is 0 Å². The number of ether oxygens (including phenoxy) is 1. The average Bonchev–Trinajstić information content (AvgIpc) is 2.56. The Labute approximate surface area is 130 Å². The van der Waals surface area contributed by atoms with Gasteiger partial charge in [-0.15, -0.1) is 0 Å². The van der Waals surface area contributed by atoms with Gasteiger partial charge in [0.25, 0.3) is 5.91 Å². The van der Waals surface area contributed by atoms with Crippen molar-refractivity contribution in [3.8, 4) is 0 Å². The van der Waals surface area contributed by atoms with E-state index < -0.39 is 5.82 Å². The molecule has 0 aliphatic carbocycles. The first-order valence-corrected chi connectivity index (χ1v) is 8.05. The fourth-order valence-corrected chi connectivity index (χ4v) is 3.30. The van der Waals surface area contributed by atoms with Crippen molar-refractivity contribution < 1.29 is 13.9 Å². The zero-order valence-corrected chi connectivity index (χ0v) is 13.0. The van der Waals surface area contributed by atoms with Gasteiger partial charge in [-0.05, 0) is 56.5 Å². The zero-order chi connectivity index (χ0) is 15.5. The normalized spacial score (nSPS) is 23.5. The van der Waals surface area contributed by atoms with Gasteiger partial charge in [0.05, 0.1) is 24.8 Å². The fraction of sp³-hybridized carbons (Fsp3) is 0.588. The number of hydrogen-bond donors (Lipinski definition) is 1. The maximum atomic E-state index is 14.2. The number of rotatable bonds is 2. The second-order valence-electron chi connectivity index (χ2n) is 6.19. The second kappa shape index (κ2) is 6.75. The Balaban J connectivity index is 1.84. The highest BCUT2D eigenvalue weighted by molar-refractivity contribution is 5.95. The number of nitrogens with one attached hydrogen (secondary N) is 1.